The number of hydrogen-bond acceptors (Lipinski definition) is 6. The molecule has 2 heterocycles. The van der Waals surface area contributed by atoms with Gasteiger partial charge in [-0.3, -0.25) is 9.89 Å². The Bertz CT molecular complexity index is 822. The molecule has 1 aliphatic carbocycles. The molecule has 150 valence electrons. The second kappa shape index (κ2) is 9.20. The van der Waals surface area contributed by atoms with E-state index in [1.807, 2.05) is 13.0 Å². The van der Waals surface area contributed by atoms with E-state index < -0.39 is 0 Å². The van der Waals surface area contributed by atoms with Crippen LogP contribution in [0, 0.1) is 0 Å². The van der Waals surface area contributed by atoms with Crippen molar-refractivity contribution in [3.8, 4) is 5.88 Å². The molecule has 0 radical (unpaired) electrons. The number of methoxy groups -OCH3 is 1. The average Bonchev–Trinajstić information content (AvgIpc) is 3.35. The van der Waals surface area contributed by atoms with Gasteiger partial charge in [-0.2, -0.15) is 5.10 Å². The highest BCUT2D eigenvalue weighted by molar-refractivity contribution is 6.03. The van der Waals surface area contributed by atoms with Gasteiger partial charge in [-0.25, -0.2) is 9.78 Å². The van der Waals surface area contributed by atoms with E-state index >= 15 is 0 Å². The fraction of sp³-hybridized carbons (Fsp3) is 0.474. The van der Waals surface area contributed by atoms with Gasteiger partial charge in [0, 0.05) is 42.0 Å². The van der Waals surface area contributed by atoms with Gasteiger partial charge in [0.1, 0.15) is 6.10 Å². The smallest absolute Gasteiger partial charge is 0.407 e. The van der Waals surface area contributed by atoms with E-state index in [0.717, 1.165) is 31.4 Å². The summed E-state index contributed by atoms with van der Waals surface area (Å²) >= 11 is 0. The second-order valence-corrected chi connectivity index (χ2v) is 6.71. The molecule has 0 unspecified atom stereocenters. The molecule has 3 rings (SSSR count). The number of ether oxygens (including phenoxy) is 2. The number of rotatable bonds is 7. The van der Waals surface area contributed by atoms with Crippen LogP contribution < -0.4 is 15.4 Å². The predicted octanol–water partition coefficient (Wildman–Crippen LogP) is 2.84. The highest BCUT2D eigenvalue weighted by Crippen LogP contribution is 2.35. The molecule has 2 atom stereocenters. The second-order valence-electron chi connectivity index (χ2n) is 6.71. The maximum absolute atomic E-state index is 12.4. The number of hydrogen-bond donors (Lipinski definition) is 3. The van der Waals surface area contributed by atoms with Crippen molar-refractivity contribution in [3.05, 3.63) is 35.7 Å². The third kappa shape index (κ3) is 4.99. The number of carbonyl (C=O) groups is 2. The van der Waals surface area contributed by atoms with E-state index in [-0.39, 0.29) is 24.0 Å². The number of pyridine rings is 1. The zero-order valence-electron chi connectivity index (χ0n) is 16.0. The van der Waals surface area contributed by atoms with Crippen molar-refractivity contribution in [2.45, 2.75) is 44.6 Å². The molecule has 0 aliphatic heterocycles. The van der Waals surface area contributed by atoms with Gasteiger partial charge in [-0.15, -0.1) is 0 Å². The summed E-state index contributed by atoms with van der Waals surface area (Å²) in [6, 6.07) is 4.99. The molecule has 0 aromatic carbocycles. The quantitative estimate of drug-likeness (QED) is 0.672. The number of aromatic nitrogens is 3. The molecule has 0 bridgehead atoms. The monoisotopic (exact) mass is 387 g/mol. The Labute approximate surface area is 163 Å². The Balaban J connectivity index is 1.54. The third-order valence-corrected chi connectivity index (χ3v) is 4.66. The van der Waals surface area contributed by atoms with Crippen LogP contribution >= 0.6 is 0 Å². The summed E-state index contributed by atoms with van der Waals surface area (Å²) in [5.74, 6) is 0.735. The average molecular weight is 387 g/mol. The van der Waals surface area contributed by atoms with Crippen molar-refractivity contribution in [1.82, 2.24) is 20.5 Å². The van der Waals surface area contributed by atoms with Crippen molar-refractivity contribution in [3.63, 3.8) is 0 Å². The van der Waals surface area contributed by atoms with Gasteiger partial charge in [-0.1, -0.05) is 6.92 Å². The largest absolute Gasteiger partial charge is 0.481 e. The van der Waals surface area contributed by atoms with Gasteiger partial charge in [0.25, 0.3) is 5.91 Å². The number of amides is 2. The van der Waals surface area contributed by atoms with Crippen molar-refractivity contribution in [1.29, 1.82) is 0 Å². The number of H-pyrrole nitrogens is 1. The van der Waals surface area contributed by atoms with Gasteiger partial charge >= 0.3 is 6.09 Å². The van der Waals surface area contributed by atoms with Crippen LogP contribution in [0.25, 0.3) is 0 Å². The first kappa shape index (κ1) is 19.7. The lowest BCUT2D eigenvalue weighted by Gasteiger charge is -2.12. The van der Waals surface area contributed by atoms with E-state index in [4.69, 9.17) is 9.47 Å². The molecule has 3 N–H and O–H groups in total. The number of aromatic amines is 1. The minimum Gasteiger partial charge on any atom is -0.481 e. The number of carbonyl (C=O) groups excluding carboxylic acids is 2. The van der Waals surface area contributed by atoms with E-state index in [9.17, 15) is 9.59 Å². The first-order chi connectivity index (χ1) is 13.6. The predicted molar refractivity (Wildman–Crippen MR) is 102 cm³/mol. The summed E-state index contributed by atoms with van der Waals surface area (Å²) < 4.78 is 10.5. The molecule has 0 saturated heterocycles. The third-order valence-electron chi connectivity index (χ3n) is 4.66. The Kier molecular flexibility index (Phi) is 6.46. The molecule has 1 saturated carbocycles. The van der Waals surface area contributed by atoms with Crippen LogP contribution in [0.3, 0.4) is 0 Å². The highest BCUT2D eigenvalue weighted by atomic mass is 16.6. The lowest BCUT2D eigenvalue weighted by atomic mass is 10.0. The number of nitrogens with one attached hydrogen (secondary N) is 3. The molecule has 2 aromatic heterocycles. The van der Waals surface area contributed by atoms with Crippen LogP contribution in [0.5, 0.6) is 5.88 Å². The summed E-state index contributed by atoms with van der Waals surface area (Å²) in [7, 11) is 1.50. The van der Waals surface area contributed by atoms with Crippen LogP contribution in [0.1, 0.15) is 54.6 Å². The molecule has 1 fully saturated rings. The molecule has 28 heavy (non-hydrogen) atoms. The SMILES string of the molecule is CCCNC(=O)O[C@H]1CC[C@@H](c2cc(NC(=O)c3ccnc(OC)c3)n[nH]2)C1. The summed E-state index contributed by atoms with van der Waals surface area (Å²) in [6.07, 6.45) is 4.35. The number of alkyl carbamates (subject to hydrolysis) is 1. The van der Waals surface area contributed by atoms with Crippen molar-refractivity contribution >= 4 is 17.8 Å². The minimum atomic E-state index is -0.363. The van der Waals surface area contributed by atoms with Gasteiger partial charge in [0.2, 0.25) is 5.88 Å². The lowest BCUT2D eigenvalue weighted by Crippen LogP contribution is -2.28. The zero-order chi connectivity index (χ0) is 19.9. The van der Waals surface area contributed by atoms with Crippen LogP contribution in [-0.4, -0.2) is 46.9 Å². The maximum atomic E-state index is 12.4. The summed E-state index contributed by atoms with van der Waals surface area (Å²) in [4.78, 5) is 28.0. The van der Waals surface area contributed by atoms with E-state index in [0.29, 0.717) is 23.8 Å². The summed E-state index contributed by atoms with van der Waals surface area (Å²) in [6.45, 7) is 2.60. The lowest BCUT2D eigenvalue weighted by molar-refractivity contribution is 0.0998. The van der Waals surface area contributed by atoms with Crippen LogP contribution in [-0.2, 0) is 4.74 Å². The maximum Gasteiger partial charge on any atom is 0.407 e. The summed E-state index contributed by atoms with van der Waals surface area (Å²) in [5, 5.41) is 12.6. The number of anilines is 1. The van der Waals surface area contributed by atoms with Gasteiger partial charge in [-0.05, 0) is 31.7 Å². The molecule has 2 amide bonds. The highest BCUT2D eigenvalue weighted by Gasteiger charge is 2.30. The number of nitrogens with zero attached hydrogens (tertiary/aromatic N) is 2. The fourth-order valence-corrected chi connectivity index (χ4v) is 3.21. The Morgan fingerprint density at radius 3 is 2.96 bits per heavy atom. The van der Waals surface area contributed by atoms with Crippen molar-refractivity contribution < 1.29 is 19.1 Å². The molecule has 1 aliphatic rings. The molecule has 0 spiro atoms. The van der Waals surface area contributed by atoms with Crippen molar-refractivity contribution in [2.75, 3.05) is 19.0 Å². The zero-order valence-corrected chi connectivity index (χ0v) is 16.0. The first-order valence-corrected chi connectivity index (χ1v) is 9.40. The van der Waals surface area contributed by atoms with E-state index in [2.05, 4.69) is 25.8 Å². The van der Waals surface area contributed by atoms with Crippen LogP contribution in [0.15, 0.2) is 24.4 Å². The topological polar surface area (TPSA) is 118 Å². The molecular weight excluding hydrogens is 362 g/mol. The normalized spacial score (nSPS) is 18.5. The molecule has 2 aromatic rings. The van der Waals surface area contributed by atoms with Gasteiger partial charge in [0.05, 0.1) is 7.11 Å². The van der Waals surface area contributed by atoms with Crippen LogP contribution in [0.2, 0.25) is 0 Å². The Morgan fingerprint density at radius 1 is 1.32 bits per heavy atom. The minimum absolute atomic E-state index is 0.104. The molecule has 9 nitrogen and oxygen atoms in total. The Morgan fingerprint density at radius 2 is 2.18 bits per heavy atom. The first-order valence-electron chi connectivity index (χ1n) is 9.40. The summed E-state index contributed by atoms with van der Waals surface area (Å²) in [5.41, 5.74) is 1.35. The van der Waals surface area contributed by atoms with E-state index in [1.54, 1.807) is 12.1 Å². The van der Waals surface area contributed by atoms with Gasteiger partial charge < -0.3 is 20.1 Å². The molecule has 9 heteroatoms. The van der Waals surface area contributed by atoms with Crippen molar-refractivity contribution in [2.24, 2.45) is 0 Å². The van der Waals surface area contributed by atoms with Gasteiger partial charge in [0.15, 0.2) is 5.82 Å². The standard InChI is InChI=1S/C19H25N5O4/c1-3-7-21-19(26)28-14-5-4-12(9-14)15-11-16(24-23-15)22-18(25)13-6-8-20-17(10-13)27-2/h6,8,10-12,14H,3-5,7,9H2,1-2H3,(H,21,26)(H2,22,23,24,25)/t12-,14+/m1/s1. The van der Waals surface area contributed by atoms with Crippen LogP contribution in [0.4, 0.5) is 10.6 Å². The fourth-order valence-electron chi connectivity index (χ4n) is 3.21. The molecular formula is C19H25N5O4. The Hall–Kier alpha value is -3.10. The van der Waals surface area contributed by atoms with E-state index in [1.165, 1.54) is 13.3 Å².